The van der Waals surface area contributed by atoms with Gasteiger partial charge in [-0.25, -0.2) is 0 Å². The second-order valence-corrected chi connectivity index (χ2v) is 9.39. The molecule has 0 saturated heterocycles. The molecule has 0 rings (SSSR count). The quantitative estimate of drug-likeness (QED) is 0.177. The first-order valence-electron chi connectivity index (χ1n) is 12.5. The summed E-state index contributed by atoms with van der Waals surface area (Å²) in [7, 11) is 0. The number of unbranched alkanes of at least 4 members (excludes halogenated alkanes) is 17. The molecule has 0 heteroatoms. The van der Waals surface area contributed by atoms with Gasteiger partial charge in [0.2, 0.25) is 0 Å². The van der Waals surface area contributed by atoms with Crippen molar-refractivity contribution in [3.63, 3.8) is 0 Å². The Morgan fingerprint density at radius 1 is 0.462 bits per heavy atom. The maximum Gasteiger partial charge on any atom is -0.0323 e. The van der Waals surface area contributed by atoms with Gasteiger partial charge in [-0.05, 0) is 24.7 Å². The molecule has 0 amide bonds. The minimum Gasteiger partial charge on any atom is -0.0654 e. The van der Waals surface area contributed by atoms with Gasteiger partial charge in [0.05, 0.1) is 0 Å². The van der Waals surface area contributed by atoms with Gasteiger partial charge in [0, 0.05) is 0 Å². The highest BCUT2D eigenvalue weighted by atomic mass is 14.2. The highest BCUT2D eigenvalue weighted by Crippen LogP contribution is 2.29. The summed E-state index contributed by atoms with van der Waals surface area (Å²) < 4.78 is 0. The predicted molar refractivity (Wildman–Crippen MR) is 122 cm³/mol. The van der Waals surface area contributed by atoms with E-state index in [9.17, 15) is 0 Å². The van der Waals surface area contributed by atoms with Crippen molar-refractivity contribution in [1.29, 1.82) is 0 Å². The van der Waals surface area contributed by atoms with E-state index in [4.69, 9.17) is 0 Å². The van der Waals surface area contributed by atoms with Crippen LogP contribution in [-0.2, 0) is 0 Å². The molecule has 0 spiro atoms. The van der Waals surface area contributed by atoms with E-state index in [1.54, 1.807) is 0 Å². The monoisotopic (exact) mass is 365 g/mol. The van der Waals surface area contributed by atoms with Gasteiger partial charge in [-0.15, -0.1) is 0 Å². The molecule has 0 aromatic rings. The zero-order chi connectivity index (χ0) is 19.3. The smallest absolute Gasteiger partial charge is 0.0323 e. The van der Waals surface area contributed by atoms with Crippen LogP contribution in [0.4, 0.5) is 0 Å². The van der Waals surface area contributed by atoms with E-state index in [2.05, 4.69) is 34.1 Å². The van der Waals surface area contributed by atoms with Crippen LogP contribution in [0.25, 0.3) is 0 Å². The third kappa shape index (κ3) is 20.3. The minimum absolute atomic E-state index is 0.460. The fourth-order valence-electron chi connectivity index (χ4n) is 3.94. The summed E-state index contributed by atoms with van der Waals surface area (Å²) in [4.78, 5) is 0. The van der Waals surface area contributed by atoms with Crippen molar-refractivity contribution in [2.75, 3.05) is 0 Å². The topological polar surface area (TPSA) is 0 Å². The maximum atomic E-state index is 2.62. The van der Waals surface area contributed by atoms with Crippen LogP contribution in [0.2, 0.25) is 0 Å². The molecule has 1 radical (unpaired) electrons. The molecule has 0 heterocycles. The molecule has 0 aromatic carbocycles. The zero-order valence-corrected chi connectivity index (χ0v) is 19.2. The molecule has 0 unspecified atom stereocenters. The third-order valence-electron chi connectivity index (χ3n) is 5.93. The van der Waals surface area contributed by atoms with Crippen LogP contribution in [0.15, 0.2) is 0 Å². The predicted octanol–water partition coefficient (Wildman–Crippen LogP) is 10.1. The van der Waals surface area contributed by atoms with E-state index >= 15 is 0 Å². The van der Waals surface area contributed by atoms with Crippen molar-refractivity contribution in [2.24, 2.45) is 5.41 Å². The highest BCUT2D eigenvalue weighted by molar-refractivity contribution is 4.84. The van der Waals surface area contributed by atoms with Crippen molar-refractivity contribution in [1.82, 2.24) is 0 Å². The van der Waals surface area contributed by atoms with Crippen LogP contribution < -0.4 is 0 Å². The molecule has 26 heavy (non-hydrogen) atoms. The Morgan fingerprint density at radius 2 is 0.808 bits per heavy atom. The summed E-state index contributed by atoms with van der Waals surface area (Å²) in [5.41, 5.74) is 0.460. The molecule has 0 aliphatic rings. The molecule has 0 atom stereocenters. The van der Waals surface area contributed by atoms with Crippen molar-refractivity contribution in [3.8, 4) is 0 Å². The van der Waals surface area contributed by atoms with E-state index in [1.807, 2.05) is 0 Å². The summed E-state index contributed by atoms with van der Waals surface area (Å²) in [6.45, 7) is 9.49. The molecule has 0 aliphatic carbocycles. The number of hydrogen-bond donors (Lipinski definition) is 0. The van der Waals surface area contributed by atoms with Gasteiger partial charge in [-0.2, -0.15) is 0 Å². The second kappa shape index (κ2) is 19.8. The van der Waals surface area contributed by atoms with Crippen molar-refractivity contribution in [2.45, 2.75) is 156 Å². The second-order valence-electron chi connectivity index (χ2n) is 9.39. The molecule has 0 aliphatic heterocycles. The van der Waals surface area contributed by atoms with E-state index in [0.29, 0.717) is 5.41 Å². The van der Waals surface area contributed by atoms with Crippen LogP contribution >= 0.6 is 0 Å². The van der Waals surface area contributed by atoms with Crippen LogP contribution in [-0.4, -0.2) is 0 Å². The Balaban J connectivity index is 3.29. The van der Waals surface area contributed by atoms with Gasteiger partial charge < -0.3 is 0 Å². The van der Waals surface area contributed by atoms with Gasteiger partial charge in [-0.3, -0.25) is 0 Å². The molecular formula is C26H53. The van der Waals surface area contributed by atoms with Gasteiger partial charge in [0.15, 0.2) is 0 Å². The van der Waals surface area contributed by atoms with Gasteiger partial charge in [-0.1, -0.05) is 143 Å². The standard InChI is InChI=1S/C26H53/c1-5-7-9-11-13-14-15-16-17-19-21-23-25-26(3,4)24-22-20-18-12-10-8-6-2/h25H,5-24H2,1-4H3. The minimum atomic E-state index is 0.460. The Kier molecular flexibility index (Phi) is 19.8. The van der Waals surface area contributed by atoms with Crippen LogP contribution in [0.5, 0.6) is 0 Å². The lowest BCUT2D eigenvalue weighted by atomic mass is 9.82. The zero-order valence-electron chi connectivity index (χ0n) is 19.2. The summed E-state index contributed by atoms with van der Waals surface area (Å²) in [6.07, 6.45) is 31.3. The van der Waals surface area contributed by atoms with Crippen molar-refractivity contribution in [3.05, 3.63) is 6.42 Å². The van der Waals surface area contributed by atoms with Gasteiger partial charge >= 0.3 is 0 Å². The average Bonchev–Trinajstić information content (AvgIpc) is 2.62. The Morgan fingerprint density at radius 3 is 1.23 bits per heavy atom. The van der Waals surface area contributed by atoms with E-state index in [0.717, 1.165) is 0 Å². The van der Waals surface area contributed by atoms with E-state index in [-0.39, 0.29) is 0 Å². The lowest BCUT2D eigenvalue weighted by Crippen LogP contribution is -2.11. The fraction of sp³-hybridized carbons (Fsp3) is 0.962. The summed E-state index contributed by atoms with van der Waals surface area (Å²) in [6, 6.07) is 0. The summed E-state index contributed by atoms with van der Waals surface area (Å²) >= 11 is 0. The Hall–Kier alpha value is 0. The molecular weight excluding hydrogens is 312 g/mol. The first-order valence-corrected chi connectivity index (χ1v) is 12.5. The van der Waals surface area contributed by atoms with Crippen LogP contribution in [0.3, 0.4) is 0 Å². The molecule has 0 N–H and O–H groups in total. The first kappa shape index (κ1) is 26.0. The van der Waals surface area contributed by atoms with E-state index in [1.165, 1.54) is 128 Å². The number of rotatable bonds is 21. The van der Waals surface area contributed by atoms with Crippen LogP contribution in [0, 0.1) is 11.8 Å². The Bertz CT molecular complexity index is 253. The Labute approximate surface area is 168 Å². The van der Waals surface area contributed by atoms with Gasteiger partial charge in [0.25, 0.3) is 0 Å². The summed E-state index contributed by atoms with van der Waals surface area (Å²) in [5, 5.41) is 0. The maximum absolute atomic E-state index is 2.62. The van der Waals surface area contributed by atoms with Crippen molar-refractivity contribution >= 4 is 0 Å². The molecule has 0 nitrogen and oxygen atoms in total. The molecule has 0 saturated carbocycles. The third-order valence-corrected chi connectivity index (χ3v) is 5.93. The molecule has 157 valence electrons. The normalized spacial score (nSPS) is 12.0. The lowest BCUT2D eigenvalue weighted by Gasteiger charge is -2.24. The molecule has 0 fully saturated rings. The van der Waals surface area contributed by atoms with E-state index < -0.39 is 0 Å². The summed E-state index contributed by atoms with van der Waals surface area (Å²) in [5.74, 6) is 0. The number of hydrogen-bond acceptors (Lipinski definition) is 0. The average molecular weight is 366 g/mol. The van der Waals surface area contributed by atoms with Gasteiger partial charge in [0.1, 0.15) is 0 Å². The highest BCUT2D eigenvalue weighted by Gasteiger charge is 2.16. The largest absolute Gasteiger partial charge is 0.0654 e. The van der Waals surface area contributed by atoms with Crippen LogP contribution in [0.1, 0.15) is 156 Å². The van der Waals surface area contributed by atoms with Crippen molar-refractivity contribution < 1.29 is 0 Å². The molecule has 0 bridgehead atoms. The SMILES string of the molecule is CCCCCCCCCCCCC[CH]C(C)(C)CCCCCCCCC. The fourth-order valence-corrected chi connectivity index (χ4v) is 3.94. The molecule has 0 aromatic heterocycles. The first-order chi connectivity index (χ1) is 12.6. The lowest BCUT2D eigenvalue weighted by molar-refractivity contribution is 0.361.